The number of hydrogen-bond donors (Lipinski definition) is 2. The molecule has 2 aliphatic heterocycles. The molecule has 2 saturated heterocycles. The first kappa shape index (κ1) is 19.8. The van der Waals surface area contributed by atoms with Gasteiger partial charge in [-0.1, -0.05) is 15.9 Å². The minimum Gasteiger partial charge on any atom is -0.496 e. The fraction of sp³-hybridized carbons (Fsp3) is 0.588. The molecule has 0 saturated carbocycles. The summed E-state index contributed by atoms with van der Waals surface area (Å²) in [6.45, 7) is 3.48. The van der Waals surface area contributed by atoms with E-state index in [1.807, 2.05) is 18.2 Å². The summed E-state index contributed by atoms with van der Waals surface area (Å²) < 4.78 is 12.4. The van der Waals surface area contributed by atoms with Crippen LogP contribution in [0.3, 0.4) is 0 Å². The van der Waals surface area contributed by atoms with Crippen LogP contribution in [-0.2, 0) is 11.3 Å². The van der Waals surface area contributed by atoms with Crippen LogP contribution in [0.4, 0.5) is 0 Å². The Morgan fingerprint density at radius 3 is 2.88 bits per heavy atom. The molecule has 7 heteroatoms. The van der Waals surface area contributed by atoms with E-state index in [0.717, 1.165) is 41.1 Å². The molecule has 2 heterocycles. The molecule has 0 aromatic heterocycles. The molecular formula is C17H25BrIN3O2. The highest BCUT2D eigenvalue weighted by molar-refractivity contribution is 14.0. The predicted molar refractivity (Wildman–Crippen MR) is 110 cm³/mol. The number of methoxy groups -OCH3 is 1. The molecule has 24 heavy (non-hydrogen) atoms. The van der Waals surface area contributed by atoms with Crippen molar-refractivity contribution in [2.24, 2.45) is 4.99 Å². The van der Waals surface area contributed by atoms with Gasteiger partial charge in [0.05, 0.1) is 31.9 Å². The third-order valence-corrected chi connectivity index (χ3v) is 4.92. The van der Waals surface area contributed by atoms with E-state index >= 15 is 0 Å². The van der Waals surface area contributed by atoms with Crippen LogP contribution in [0, 0.1) is 0 Å². The van der Waals surface area contributed by atoms with E-state index in [1.165, 1.54) is 6.42 Å². The summed E-state index contributed by atoms with van der Waals surface area (Å²) in [5.41, 5.74) is 1.06. The van der Waals surface area contributed by atoms with E-state index in [0.29, 0.717) is 24.8 Å². The Morgan fingerprint density at radius 1 is 1.42 bits per heavy atom. The van der Waals surface area contributed by atoms with Gasteiger partial charge in [-0.3, -0.25) is 0 Å². The Labute approximate surface area is 169 Å². The normalized spacial score (nSPS) is 25.3. The number of halogens is 2. The SMILES string of the molecule is CCNC(=NCc1cc(Br)ccc1OC)NC1CC2CCC1O2.I. The summed E-state index contributed by atoms with van der Waals surface area (Å²) in [4.78, 5) is 4.72. The Hall–Kier alpha value is -0.540. The van der Waals surface area contributed by atoms with Gasteiger partial charge in [0.1, 0.15) is 5.75 Å². The molecule has 1 aromatic rings. The minimum atomic E-state index is 0. The molecule has 3 atom stereocenters. The molecular weight excluding hydrogens is 485 g/mol. The third-order valence-electron chi connectivity index (χ3n) is 4.42. The van der Waals surface area contributed by atoms with Crippen molar-refractivity contribution in [2.75, 3.05) is 13.7 Å². The van der Waals surface area contributed by atoms with Crippen molar-refractivity contribution in [3.8, 4) is 5.75 Å². The van der Waals surface area contributed by atoms with Crippen LogP contribution in [0.25, 0.3) is 0 Å². The smallest absolute Gasteiger partial charge is 0.191 e. The first-order chi connectivity index (χ1) is 11.2. The first-order valence-electron chi connectivity index (χ1n) is 8.22. The Kier molecular flexibility index (Phi) is 7.61. The van der Waals surface area contributed by atoms with Gasteiger partial charge < -0.3 is 20.1 Å². The highest BCUT2D eigenvalue weighted by atomic mass is 127. The monoisotopic (exact) mass is 509 g/mol. The van der Waals surface area contributed by atoms with Crippen LogP contribution >= 0.6 is 39.9 Å². The summed E-state index contributed by atoms with van der Waals surface area (Å²) in [6, 6.07) is 6.35. The Morgan fingerprint density at radius 2 is 2.25 bits per heavy atom. The van der Waals surface area contributed by atoms with Gasteiger partial charge in [0.25, 0.3) is 0 Å². The predicted octanol–water partition coefficient (Wildman–Crippen LogP) is 3.45. The van der Waals surface area contributed by atoms with E-state index < -0.39 is 0 Å². The number of guanidine groups is 1. The van der Waals surface area contributed by atoms with E-state index in [2.05, 4.69) is 33.5 Å². The minimum absolute atomic E-state index is 0. The second kappa shape index (κ2) is 9.24. The average Bonchev–Trinajstić information content (AvgIpc) is 3.16. The molecule has 0 radical (unpaired) electrons. The van der Waals surface area contributed by atoms with Gasteiger partial charge in [-0.15, -0.1) is 24.0 Å². The van der Waals surface area contributed by atoms with E-state index in [9.17, 15) is 0 Å². The summed E-state index contributed by atoms with van der Waals surface area (Å²) in [7, 11) is 1.69. The lowest BCUT2D eigenvalue weighted by molar-refractivity contribution is 0.0992. The van der Waals surface area contributed by atoms with Crippen LogP contribution in [0.1, 0.15) is 31.7 Å². The van der Waals surface area contributed by atoms with Crippen LogP contribution < -0.4 is 15.4 Å². The summed E-state index contributed by atoms with van der Waals surface area (Å²) in [6.07, 6.45) is 4.21. The summed E-state index contributed by atoms with van der Waals surface area (Å²) in [5, 5.41) is 6.85. The Bertz CT molecular complexity index is 585. The number of rotatable bonds is 5. The topological polar surface area (TPSA) is 54.9 Å². The van der Waals surface area contributed by atoms with Crippen LogP contribution in [0.5, 0.6) is 5.75 Å². The molecule has 0 spiro atoms. The first-order valence-corrected chi connectivity index (χ1v) is 9.01. The van der Waals surface area contributed by atoms with Crippen molar-refractivity contribution >= 4 is 45.9 Å². The lowest BCUT2D eigenvalue weighted by Crippen LogP contribution is -2.47. The molecule has 3 unspecified atom stereocenters. The van der Waals surface area contributed by atoms with Crippen LogP contribution in [-0.4, -0.2) is 37.9 Å². The average molecular weight is 510 g/mol. The zero-order valence-corrected chi connectivity index (χ0v) is 18.0. The third kappa shape index (κ3) is 4.76. The largest absolute Gasteiger partial charge is 0.496 e. The summed E-state index contributed by atoms with van der Waals surface area (Å²) in [5.74, 6) is 1.70. The summed E-state index contributed by atoms with van der Waals surface area (Å²) >= 11 is 3.50. The number of hydrogen-bond acceptors (Lipinski definition) is 3. The van der Waals surface area contributed by atoms with Gasteiger partial charge in [-0.25, -0.2) is 4.99 Å². The lowest BCUT2D eigenvalue weighted by Gasteiger charge is -2.22. The fourth-order valence-corrected chi connectivity index (χ4v) is 3.73. The van der Waals surface area contributed by atoms with Gasteiger partial charge in [0.15, 0.2) is 5.96 Å². The van der Waals surface area contributed by atoms with Crippen molar-refractivity contribution in [1.29, 1.82) is 0 Å². The number of benzene rings is 1. The van der Waals surface area contributed by atoms with Gasteiger partial charge in [-0.05, 0) is 44.4 Å². The second-order valence-corrected chi connectivity index (χ2v) is 6.93. The van der Waals surface area contributed by atoms with E-state index in [-0.39, 0.29) is 24.0 Å². The molecule has 1 aromatic carbocycles. The number of nitrogens with zero attached hydrogens (tertiary/aromatic N) is 1. The van der Waals surface area contributed by atoms with E-state index in [4.69, 9.17) is 14.5 Å². The van der Waals surface area contributed by atoms with Gasteiger partial charge in [-0.2, -0.15) is 0 Å². The standard InChI is InChI=1S/C17H24BrN3O2.HI/c1-3-19-17(21-14-9-13-5-7-16(14)23-13)20-10-11-8-12(18)4-6-15(11)22-2;/h4,6,8,13-14,16H,3,5,7,9-10H2,1-2H3,(H2,19,20,21);1H. The van der Waals surface area contributed by atoms with Gasteiger partial charge >= 0.3 is 0 Å². The fourth-order valence-electron chi connectivity index (χ4n) is 3.32. The van der Waals surface area contributed by atoms with Gasteiger partial charge in [0.2, 0.25) is 0 Å². The van der Waals surface area contributed by atoms with Crippen molar-refractivity contribution in [1.82, 2.24) is 10.6 Å². The van der Waals surface area contributed by atoms with Gasteiger partial charge in [0, 0.05) is 16.6 Å². The van der Waals surface area contributed by atoms with Crippen molar-refractivity contribution < 1.29 is 9.47 Å². The maximum atomic E-state index is 5.91. The molecule has 0 aliphatic carbocycles. The number of aliphatic imine (C=N–C) groups is 1. The highest BCUT2D eigenvalue weighted by Crippen LogP contribution is 2.34. The van der Waals surface area contributed by atoms with Crippen molar-refractivity contribution in [3.63, 3.8) is 0 Å². The maximum absolute atomic E-state index is 5.91. The maximum Gasteiger partial charge on any atom is 0.191 e. The molecule has 2 bridgehead atoms. The van der Waals surface area contributed by atoms with E-state index in [1.54, 1.807) is 7.11 Å². The zero-order chi connectivity index (χ0) is 16.2. The molecule has 2 fully saturated rings. The van der Waals surface area contributed by atoms with Crippen molar-refractivity contribution in [3.05, 3.63) is 28.2 Å². The van der Waals surface area contributed by atoms with Crippen LogP contribution in [0.2, 0.25) is 0 Å². The highest BCUT2D eigenvalue weighted by Gasteiger charge is 2.41. The second-order valence-electron chi connectivity index (χ2n) is 6.01. The lowest BCUT2D eigenvalue weighted by atomic mass is 9.96. The number of ether oxygens (including phenoxy) is 2. The number of fused-ring (bicyclic) bond motifs is 2. The molecule has 3 rings (SSSR count). The van der Waals surface area contributed by atoms with Crippen LogP contribution in [0.15, 0.2) is 27.7 Å². The molecule has 5 nitrogen and oxygen atoms in total. The quantitative estimate of drug-likeness (QED) is 0.362. The number of nitrogens with one attached hydrogen (secondary N) is 2. The van der Waals surface area contributed by atoms with Crippen molar-refractivity contribution in [2.45, 2.75) is 51.0 Å². The molecule has 0 amide bonds. The zero-order valence-electron chi connectivity index (χ0n) is 14.0. The molecule has 2 aliphatic rings. The molecule has 2 N–H and O–H groups in total. The molecule has 134 valence electrons. The Balaban J connectivity index is 0.00000208.